The van der Waals surface area contributed by atoms with Gasteiger partial charge in [-0.05, 0) is 98.7 Å². The van der Waals surface area contributed by atoms with Crippen LogP contribution in [-0.2, 0) is 6.42 Å². The number of hydrogen-bond donors (Lipinski definition) is 1. The van der Waals surface area contributed by atoms with Gasteiger partial charge in [0.2, 0.25) is 0 Å². The number of aromatic nitrogens is 1. The summed E-state index contributed by atoms with van der Waals surface area (Å²) in [4.78, 5) is 16.7. The Bertz CT molecular complexity index is 986. The monoisotopic (exact) mass is 362 g/mol. The van der Waals surface area contributed by atoms with Crippen LogP contribution >= 0.6 is 0 Å². The Kier molecular flexibility index (Phi) is 5.17. The van der Waals surface area contributed by atoms with E-state index in [9.17, 15) is 4.79 Å². The molecule has 2 aromatic heterocycles. The summed E-state index contributed by atoms with van der Waals surface area (Å²) in [6, 6.07) is 7.35. The molecule has 140 valence electrons. The van der Waals surface area contributed by atoms with Gasteiger partial charge in [0.15, 0.2) is 5.76 Å². The molecule has 1 N–H and O–H groups in total. The van der Waals surface area contributed by atoms with Crippen molar-refractivity contribution in [2.75, 3.05) is 5.32 Å². The van der Waals surface area contributed by atoms with Crippen molar-refractivity contribution < 1.29 is 9.21 Å². The number of nitrogens with one attached hydrogen (secondary N) is 1. The van der Waals surface area contributed by atoms with Gasteiger partial charge in [-0.1, -0.05) is 6.07 Å². The number of furan rings is 1. The van der Waals surface area contributed by atoms with Gasteiger partial charge in [0, 0.05) is 12.6 Å². The van der Waals surface area contributed by atoms with Crippen LogP contribution in [0, 0.1) is 41.5 Å². The van der Waals surface area contributed by atoms with Crippen molar-refractivity contribution in [1.82, 2.24) is 4.98 Å². The fraction of sp³-hybridized carbons (Fsp3) is 0.304. The highest BCUT2D eigenvalue weighted by atomic mass is 16.3. The number of carbonyl (C=O) groups is 1. The Morgan fingerprint density at radius 2 is 1.56 bits per heavy atom. The summed E-state index contributed by atoms with van der Waals surface area (Å²) in [5.41, 5.74) is 8.77. The van der Waals surface area contributed by atoms with Crippen LogP contribution in [0.25, 0.3) is 0 Å². The number of pyridine rings is 1. The maximum absolute atomic E-state index is 12.5. The van der Waals surface area contributed by atoms with Crippen LogP contribution in [0.5, 0.6) is 0 Å². The molecule has 0 radical (unpaired) electrons. The van der Waals surface area contributed by atoms with Gasteiger partial charge in [0.1, 0.15) is 11.6 Å². The molecule has 0 aliphatic rings. The number of benzene rings is 1. The first-order valence-electron chi connectivity index (χ1n) is 9.17. The van der Waals surface area contributed by atoms with E-state index >= 15 is 0 Å². The Balaban J connectivity index is 1.83. The molecule has 3 rings (SSSR count). The molecule has 0 spiro atoms. The molecule has 0 bridgehead atoms. The van der Waals surface area contributed by atoms with Crippen LogP contribution in [-0.4, -0.2) is 10.9 Å². The Morgan fingerprint density at radius 3 is 2.19 bits per heavy atom. The van der Waals surface area contributed by atoms with Crippen LogP contribution in [0.3, 0.4) is 0 Å². The zero-order valence-electron chi connectivity index (χ0n) is 16.9. The lowest BCUT2D eigenvalue weighted by molar-refractivity contribution is 0.0994. The number of rotatable bonds is 4. The number of carbonyl (C=O) groups excluding carboxylic acids is 1. The quantitative estimate of drug-likeness (QED) is 0.679. The van der Waals surface area contributed by atoms with Crippen molar-refractivity contribution in [3.63, 3.8) is 0 Å². The molecule has 4 heteroatoms. The normalized spacial score (nSPS) is 10.9. The molecule has 0 atom stereocenters. The van der Waals surface area contributed by atoms with E-state index < -0.39 is 0 Å². The molecular weight excluding hydrogens is 336 g/mol. The molecule has 0 saturated heterocycles. The van der Waals surface area contributed by atoms with Crippen LogP contribution in [0.15, 0.2) is 34.9 Å². The summed E-state index contributed by atoms with van der Waals surface area (Å²) in [6.07, 6.45) is 2.33. The topological polar surface area (TPSA) is 55.1 Å². The average Bonchev–Trinajstić information content (AvgIpc) is 3.13. The third-order valence-electron chi connectivity index (χ3n) is 5.63. The van der Waals surface area contributed by atoms with Gasteiger partial charge < -0.3 is 9.73 Å². The Labute approximate surface area is 160 Å². The summed E-state index contributed by atoms with van der Waals surface area (Å²) in [5.74, 6) is 1.35. The first-order valence-corrected chi connectivity index (χ1v) is 9.17. The minimum Gasteiger partial charge on any atom is -0.456 e. The molecule has 0 aliphatic heterocycles. The van der Waals surface area contributed by atoms with Gasteiger partial charge >= 0.3 is 0 Å². The molecule has 3 aromatic rings. The van der Waals surface area contributed by atoms with Crippen LogP contribution in [0.2, 0.25) is 0 Å². The molecule has 1 aromatic carbocycles. The second-order valence-corrected chi connectivity index (χ2v) is 7.17. The molecular formula is C23H26N2O2. The molecule has 27 heavy (non-hydrogen) atoms. The predicted molar refractivity (Wildman–Crippen MR) is 109 cm³/mol. The standard InChI is InChI=1S/C23H26N2O2/c1-13-8-7-11-24-22(13)25-23(26)21-10-9-19(27-21)12-20-17(5)15(3)14(2)16(4)18(20)6/h7-11H,12H2,1-6H3,(H,24,25,26). The molecule has 0 fully saturated rings. The maximum atomic E-state index is 12.5. The molecule has 2 heterocycles. The van der Waals surface area contributed by atoms with E-state index in [-0.39, 0.29) is 5.91 Å². The smallest absolute Gasteiger partial charge is 0.292 e. The summed E-state index contributed by atoms with van der Waals surface area (Å²) >= 11 is 0. The lowest BCUT2D eigenvalue weighted by atomic mass is 9.88. The van der Waals surface area contributed by atoms with Crippen molar-refractivity contribution in [2.24, 2.45) is 0 Å². The second-order valence-electron chi connectivity index (χ2n) is 7.17. The van der Waals surface area contributed by atoms with E-state index in [1.807, 2.05) is 25.1 Å². The van der Waals surface area contributed by atoms with E-state index in [1.165, 1.54) is 33.4 Å². The van der Waals surface area contributed by atoms with Crippen molar-refractivity contribution in [2.45, 2.75) is 48.0 Å². The zero-order valence-corrected chi connectivity index (χ0v) is 16.9. The third kappa shape index (κ3) is 3.65. The summed E-state index contributed by atoms with van der Waals surface area (Å²) < 4.78 is 5.84. The fourth-order valence-corrected chi connectivity index (χ4v) is 3.40. The van der Waals surface area contributed by atoms with Crippen LogP contribution < -0.4 is 5.32 Å². The highest BCUT2D eigenvalue weighted by Gasteiger charge is 2.17. The number of aryl methyl sites for hydroxylation is 1. The van der Waals surface area contributed by atoms with E-state index in [0.717, 1.165) is 11.3 Å². The minimum atomic E-state index is -0.284. The van der Waals surface area contributed by atoms with E-state index in [1.54, 1.807) is 12.3 Å². The molecule has 0 aliphatic carbocycles. The minimum absolute atomic E-state index is 0.284. The third-order valence-corrected chi connectivity index (χ3v) is 5.63. The number of amides is 1. The fourth-order valence-electron chi connectivity index (χ4n) is 3.40. The predicted octanol–water partition coefficient (Wildman–Crippen LogP) is 5.37. The van der Waals surface area contributed by atoms with Crippen molar-refractivity contribution in [3.05, 3.63) is 80.9 Å². The summed E-state index contributed by atoms with van der Waals surface area (Å²) in [5, 5.41) is 2.81. The SMILES string of the molecule is Cc1cccnc1NC(=O)c1ccc(Cc2c(C)c(C)c(C)c(C)c2C)o1. The van der Waals surface area contributed by atoms with Gasteiger partial charge in [-0.25, -0.2) is 4.98 Å². The average molecular weight is 362 g/mol. The lowest BCUT2D eigenvalue weighted by Gasteiger charge is -2.18. The molecule has 0 saturated carbocycles. The highest BCUT2D eigenvalue weighted by Crippen LogP contribution is 2.28. The van der Waals surface area contributed by atoms with E-state index in [4.69, 9.17) is 4.42 Å². The summed E-state index contributed by atoms with van der Waals surface area (Å²) in [7, 11) is 0. The van der Waals surface area contributed by atoms with Gasteiger partial charge in [-0.2, -0.15) is 0 Å². The van der Waals surface area contributed by atoms with Crippen LogP contribution in [0.1, 0.15) is 55.3 Å². The second kappa shape index (κ2) is 7.39. The Hall–Kier alpha value is -2.88. The number of anilines is 1. The number of nitrogens with zero attached hydrogens (tertiary/aromatic N) is 1. The van der Waals surface area contributed by atoms with E-state index in [2.05, 4.69) is 44.9 Å². The van der Waals surface area contributed by atoms with Gasteiger partial charge in [-0.15, -0.1) is 0 Å². The van der Waals surface area contributed by atoms with Crippen molar-refractivity contribution in [1.29, 1.82) is 0 Å². The lowest BCUT2D eigenvalue weighted by Crippen LogP contribution is -2.13. The van der Waals surface area contributed by atoms with Crippen molar-refractivity contribution in [3.8, 4) is 0 Å². The van der Waals surface area contributed by atoms with Gasteiger partial charge in [-0.3, -0.25) is 4.79 Å². The largest absolute Gasteiger partial charge is 0.456 e. The number of hydrogen-bond acceptors (Lipinski definition) is 3. The molecule has 0 unspecified atom stereocenters. The Morgan fingerprint density at radius 1 is 0.926 bits per heavy atom. The first kappa shape index (κ1) is 18.9. The van der Waals surface area contributed by atoms with E-state index in [0.29, 0.717) is 18.0 Å². The zero-order chi connectivity index (χ0) is 19.7. The van der Waals surface area contributed by atoms with Crippen molar-refractivity contribution >= 4 is 11.7 Å². The van der Waals surface area contributed by atoms with Crippen LogP contribution in [0.4, 0.5) is 5.82 Å². The molecule has 4 nitrogen and oxygen atoms in total. The molecule has 1 amide bonds. The first-order chi connectivity index (χ1) is 12.8. The maximum Gasteiger partial charge on any atom is 0.292 e. The summed E-state index contributed by atoms with van der Waals surface area (Å²) in [6.45, 7) is 12.7. The highest BCUT2D eigenvalue weighted by molar-refractivity contribution is 6.02. The van der Waals surface area contributed by atoms with Gasteiger partial charge in [0.25, 0.3) is 5.91 Å². The van der Waals surface area contributed by atoms with Gasteiger partial charge in [0.05, 0.1) is 0 Å².